The number of aromatic nitrogens is 1. The monoisotopic (exact) mass is 387 g/mol. The van der Waals surface area contributed by atoms with Crippen molar-refractivity contribution in [3.05, 3.63) is 52.5 Å². The highest BCUT2D eigenvalue weighted by atomic mass is 79.9. The van der Waals surface area contributed by atoms with Crippen molar-refractivity contribution < 1.29 is 14.0 Å². The Hall–Kier alpha value is -2.27. The summed E-state index contributed by atoms with van der Waals surface area (Å²) in [6.07, 6.45) is 0.818. The van der Waals surface area contributed by atoms with Crippen molar-refractivity contribution >= 4 is 15.9 Å². The van der Waals surface area contributed by atoms with E-state index in [1.54, 1.807) is 14.2 Å². The molecule has 1 heterocycles. The molecule has 0 saturated carbocycles. The first kappa shape index (κ1) is 16.6. The summed E-state index contributed by atoms with van der Waals surface area (Å²) in [5.74, 6) is 2.38. The van der Waals surface area contributed by atoms with E-state index in [1.807, 2.05) is 42.5 Å². The predicted octanol–water partition coefficient (Wildman–Crippen LogP) is 5.35. The van der Waals surface area contributed by atoms with Gasteiger partial charge in [0.1, 0.15) is 17.2 Å². The minimum absolute atomic E-state index is 0.776. The lowest BCUT2D eigenvalue weighted by atomic mass is 10.0. The molecule has 3 aromatic rings. The summed E-state index contributed by atoms with van der Waals surface area (Å²) < 4.78 is 17.1. The molecule has 0 saturated heterocycles. The maximum Gasteiger partial charge on any atom is 0.171 e. The Kier molecular flexibility index (Phi) is 4.90. The molecular weight excluding hydrogens is 370 g/mol. The van der Waals surface area contributed by atoms with Gasteiger partial charge in [-0.3, -0.25) is 0 Å². The molecule has 0 atom stereocenters. The van der Waals surface area contributed by atoms with E-state index in [1.165, 1.54) is 0 Å². The van der Waals surface area contributed by atoms with Gasteiger partial charge >= 0.3 is 0 Å². The van der Waals surface area contributed by atoms with Crippen LogP contribution in [0.25, 0.3) is 22.6 Å². The second-order valence-electron chi connectivity index (χ2n) is 5.27. The minimum atomic E-state index is 0.776. The Labute approximate surface area is 149 Å². The predicted molar refractivity (Wildman–Crippen MR) is 97.6 cm³/mol. The zero-order valence-corrected chi connectivity index (χ0v) is 15.4. The first-order valence-corrected chi connectivity index (χ1v) is 8.44. The largest absolute Gasteiger partial charge is 0.497 e. The fourth-order valence-corrected chi connectivity index (χ4v) is 3.17. The van der Waals surface area contributed by atoms with Crippen molar-refractivity contribution in [3.63, 3.8) is 0 Å². The third-order valence-corrected chi connectivity index (χ3v) is 4.58. The Morgan fingerprint density at radius 3 is 2.25 bits per heavy atom. The molecule has 0 amide bonds. The van der Waals surface area contributed by atoms with Gasteiger partial charge in [0.15, 0.2) is 5.76 Å². The molecule has 5 heteroatoms. The van der Waals surface area contributed by atoms with Crippen LogP contribution in [0, 0.1) is 0 Å². The number of rotatable bonds is 5. The lowest BCUT2D eigenvalue weighted by molar-refractivity contribution is 0.414. The van der Waals surface area contributed by atoms with Gasteiger partial charge in [0.25, 0.3) is 0 Å². The maximum atomic E-state index is 5.69. The van der Waals surface area contributed by atoms with Gasteiger partial charge in [-0.25, -0.2) is 0 Å². The Bertz CT molecular complexity index is 840. The second-order valence-corrected chi connectivity index (χ2v) is 6.12. The first-order chi connectivity index (χ1) is 11.7. The smallest absolute Gasteiger partial charge is 0.171 e. The highest BCUT2D eigenvalue weighted by molar-refractivity contribution is 9.10. The average molecular weight is 388 g/mol. The van der Waals surface area contributed by atoms with Crippen molar-refractivity contribution in [2.24, 2.45) is 0 Å². The molecule has 0 bridgehead atoms. The molecule has 124 valence electrons. The highest BCUT2D eigenvalue weighted by Gasteiger charge is 2.19. The van der Waals surface area contributed by atoms with Gasteiger partial charge in [-0.15, -0.1) is 0 Å². The minimum Gasteiger partial charge on any atom is -0.497 e. The Balaban J connectivity index is 2.06. The standard InChI is InChI=1S/C19H18BrNO3/c1-4-15-18(12-5-7-13(22-2)8-6-12)21-24-19(15)16-10-9-14(23-3)11-17(16)20/h5-11H,4H2,1-3H3. The van der Waals surface area contributed by atoms with Crippen molar-refractivity contribution in [1.82, 2.24) is 5.16 Å². The van der Waals surface area contributed by atoms with Crippen LogP contribution in [0.5, 0.6) is 11.5 Å². The van der Waals surface area contributed by atoms with Crippen molar-refractivity contribution in [2.75, 3.05) is 14.2 Å². The summed E-state index contributed by atoms with van der Waals surface area (Å²) in [4.78, 5) is 0. The number of hydrogen-bond acceptors (Lipinski definition) is 4. The molecule has 0 radical (unpaired) electrons. The summed E-state index contributed by atoms with van der Waals surface area (Å²) in [5, 5.41) is 4.30. The van der Waals surface area contributed by atoms with E-state index in [9.17, 15) is 0 Å². The molecular formula is C19H18BrNO3. The number of nitrogens with zero attached hydrogens (tertiary/aromatic N) is 1. The normalized spacial score (nSPS) is 10.7. The lowest BCUT2D eigenvalue weighted by Gasteiger charge is -2.06. The Morgan fingerprint density at radius 1 is 1.00 bits per heavy atom. The van der Waals surface area contributed by atoms with Crippen LogP contribution in [-0.2, 0) is 6.42 Å². The summed E-state index contributed by atoms with van der Waals surface area (Å²) in [6, 6.07) is 13.6. The highest BCUT2D eigenvalue weighted by Crippen LogP contribution is 2.37. The summed E-state index contributed by atoms with van der Waals surface area (Å²) in [7, 11) is 3.30. The molecule has 0 aliphatic carbocycles. The van der Waals surface area contributed by atoms with Crippen LogP contribution < -0.4 is 9.47 Å². The van der Waals surface area contributed by atoms with E-state index in [-0.39, 0.29) is 0 Å². The third-order valence-electron chi connectivity index (χ3n) is 3.93. The van der Waals surface area contributed by atoms with Gasteiger partial charge in [-0.05, 0) is 64.8 Å². The molecule has 0 fully saturated rings. The maximum absolute atomic E-state index is 5.69. The van der Waals surface area contributed by atoms with Crippen LogP contribution in [0.3, 0.4) is 0 Å². The lowest BCUT2D eigenvalue weighted by Crippen LogP contribution is -1.89. The summed E-state index contributed by atoms with van der Waals surface area (Å²) in [5.41, 5.74) is 3.90. The average Bonchev–Trinajstić information content (AvgIpc) is 3.05. The molecule has 4 nitrogen and oxygen atoms in total. The van der Waals surface area contributed by atoms with Crippen molar-refractivity contribution in [1.29, 1.82) is 0 Å². The molecule has 2 aromatic carbocycles. The molecule has 0 spiro atoms. The quantitative estimate of drug-likeness (QED) is 0.591. The molecule has 1 aromatic heterocycles. The van der Waals surface area contributed by atoms with Crippen molar-refractivity contribution in [2.45, 2.75) is 13.3 Å². The Morgan fingerprint density at radius 2 is 1.67 bits per heavy atom. The number of methoxy groups -OCH3 is 2. The topological polar surface area (TPSA) is 44.5 Å². The fraction of sp³-hybridized carbons (Fsp3) is 0.211. The van der Waals surface area contributed by atoms with Crippen LogP contribution >= 0.6 is 15.9 Å². The molecule has 3 rings (SSSR count). The van der Waals surface area contributed by atoms with Crippen molar-refractivity contribution in [3.8, 4) is 34.1 Å². The molecule has 24 heavy (non-hydrogen) atoms. The number of hydrogen-bond donors (Lipinski definition) is 0. The SMILES string of the molecule is CCc1c(-c2ccc(OC)cc2)noc1-c1ccc(OC)cc1Br. The van der Waals surface area contributed by atoms with E-state index in [0.29, 0.717) is 0 Å². The zero-order chi connectivity index (χ0) is 17.1. The van der Waals surface area contributed by atoms with Gasteiger partial charge < -0.3 is 14.0 Å². The van der Waals surface area contributed by atoms with Gasteiger partial charge in [0.05, 0.1) is 14.2 Å². The van der Waals surface area contributed by atoms with Gasteiger partial charge in [0, 0.05) is 21.2 Å². The molecule has 0 aliphatic heterocycles. The second kappa shape index (κ2) is 7.09. The summed E-state index contributed by atoms with van der Waals surface area (Å²) >= 11 is 3.59. The van der Waals surface area contributed by atoms with Gasteiger partial charge in [-0.2, -0.15) is 0 Å². The molecule has 0 unspecified atom stereocenters. The van der Waals surface area contributed by atoms with Crippen LogP contribution in [0.4, 0.5) is 0 Å². The van der Waals surface area contributed by atoms with E-state index >= 15 is 0 Å². The number of halogens is 1. The molecule has 0 aliphatic rings. The number of ether oxygens (including phenoxy) is 2. The van der Waals surface area contributed by atoms with E-state index in [4.69, 9.17) is 14.0 Å². The van der Waals surface area contributed by atoms with Crippen LogP contribution in [0.2, 0.25) is 0 Å². The van der Waals surface area contributed by atoms with E-state index < -0.39 is 0 Å². The molecule has 0 N–H and O–H groups in total. The van der Waals surface area contributed by atoms with Crippen LogP contribution in [0.15, 0.2) is 51.5 Å². The first-order valence-electron chi connectivity index (χ1n) is 7.64. The number of benzene rings is 2. The van der Waals surface area contributed by atoms with Gasteiger partial charge in [-0.1, -0.05) is 12.1 Å². The van der Waals surface area contributed by atoms with Gasteiger partial charge in [0.2, 0.25) is 0 Å². The fourth-order valence-electron chi connectivity index (χ4n) is 2.63. The van der Waals surface area contributed by atoms with E-state index in [2.05, 4.69) is 28.0 Å². The summed E-state index contributed by atoms with van der Waals surface area (Å²) in [6.45, 7) is 2.10. The van der Waals surface area contributed by atoms with Crippen LogP contribution in [0.1, 0.15) is 12.5 Å². The van der Waals surface area contributed by atoms with E-state index in [0.717, 1.165) is 50.5 Å². The third kappa shape index (κ3) is 3.04. The van der Waals surface area contributed by atoms with Crippen LogP contribution in [-0.4, -0.2) is 19.4 Å². The zero-order valence-electron chi connectivity index (χ0n) is 13.8.